The molecule has 0 bridgehead atoms. The predicted molar refractivity (Wildman–Crippen MR) is 118 cm³/mol. The quantitative estimate of drug-likeness (QED) is 0.157. The van der Waals surface area contributed by atoms with E-state index in [1.807, 2.05) is 6.07 Å². The number of non-ortho nitro benzene ring substituents is 1. The van der Waals surface area contributed by atoms with Crippen molar-refractivity contribution < 1.29 is 28.7 Å². The zero-order chi connectivity index (χ0) is 22.8. The molecule has 0 saturated heterocycles. The lowest BCUT2D eigenvalue weighted by molar-refractivity contribution is -0.384. The van der Waals surface area contributed by atoms with Crippen LogP contribution in [-0.2, 0) is 0 Å². The first-order valence-corrected chi connectivity index (χ1v) is 10.0. The molecule has 32 heavy (non-hydrogen) atoms. The maximum atomic E-state index is 12.7. The number of fused-ring (bicyclic) bond motifs is 1. The van der Waals surface area contributed by atoms with Gasteiger partial charge in [-0.2, -0.15) is 0 Å². The van der Waals surface area contributed by atoms with Gasteiger partial charge < -0.3 is 14.2 Å². The minimum Gasteiger partial charge on any atom is -0.496 e. The van der Waals surface area contributed by atoms with Gasteiger partial charge in [-0.3, -0.25) is 14.9 Å². The molecule has 9 heteroatoms. The number of Topliss-reactive ketones (excluding diaryl/α,β-unsaturated/α-hetero) is 1. The Morgan fingerprint density at radius 2 is 1.84 bits per heavy atom. The van der Waals surface area contributed by atoms with Crippen molar-refractivity contribution in [1.29, 1.82) is 0 Å². The number of nitrogens with zero attached hydrogens (tertiary/aromatic N) is 1. The summed E-state index contributed by atoms with van der Waals surface area (Å²) in [5.41, 5.74) is 1.01. The van der Waals surface area contributed by atoms with Crippen molar-refractivity contribution in [2.45, 2.75) is 0 Å². The van der Waals surface area contributed by atoms with E-state index >= 15 is 0 Å². The van der Waals surface area contributed by atoms with Crippen molar-refractivity contribution >= 4 is 39.4 Å². The molecular formula is C23H14BrNO7. The molecule has 0 spiro atoms. The maximum absolute atomic E-state index is 12.7. The van der Waals surface area contributed by atoms with Crippen LogP contribution in [0.25, 0.3) is 6.08 Å². The van der Waals surface area contributed by atoms with Crippen molar-refractivity contribution in [3.05, 3.63) is 97.7 Å². The number of allylic oxidation sites excluding steroid dienone is 1. The third-order valence-corrected chi connectivity index (χ3v) is 5.14. The fourth-order valence-corrected chi connectivity index (χ4v) is 3.45. The molecule has 0 aliphatic carbocycles. The second kappa shape index (κ2) is 8.64. The molecular weight excluding hydrogens is 482 g/mol. The molecule has 1 heterocycles. The largest absolute Gasteiger partial charge is 0.496 e. The molecule has 8 nitrogen and oxygen atoms in total. The molecule has 0 amide bonds. The van der Waals surface area contributed by atoms with Crippen LogP contribution in [0.5, 0.6) is 17.2 Å². The average molecular weight is 496 g/mol. The standard InChI is InChI=1S/C23H14BrNO7/c1-30-19-9-4-15(24)10-14(19)11-21-22(26)18-8-7-17(12-20(18)32-21)31-23(27)13-2-5-16(6-3-13)25(28)29/h2-12H,1H3. The number of ketones is 1. The van der Waals surface area contributed by atoms with Crippen LogP contribution in [0.4, 0.5) is 5.69 Å². The van der Waals surface area contributed by atoms with Gasteiger partial charge in [0.25, 0.3) is 5.69 Å². The van der Waals surface area contributed by atoms with Crippen LogP contribution in [0.3, 0.4) is 0 Å². The Bertz CT molecular complexity index is 1280. The number of nitro groups is 1. The number of carbonyl (C=O) groups excluding carboxylic acids is 2. The van der Waals surface area contributed by atoms with E-state index in [-0.39, 0.29) is 34.3 Å². The molecule has 1 aliphatic rings. The molecule has 0 saturated carbocycles. The topological polar surface area (TPSA) is 105 Å². The third kappa shape index (κ3) is 4.23. The first kappa shape index (κ1) is 21.3. The number of carbonyl (C=O) groups is 2. The van der Waals surface area contributed by atoms with E-state index < -0.39 is 10.9 Å². The molecule has 1 aliphatic heterocycles. The van der Waals surface area contributed by atoms with Gasteiger partial charge in [-0.25, -0.2) is 4.79 Å². The lowest BCUT2D eigenvalue weighted by Crippen LogP contribution is -2.08. The Morgan fingerprint density at radius 1 is 1.09 bits per heavy atom. The van der Waals surface area contributed by atoms with E-state index in [0.29, 0.717) is 16.9 Å². The van der Waals surface area contributed by atoms with Crippen LogP contribution in [0.1, 0.15) is 26.3 Å². The Labute approximate surface area is 190 Å². The Morgan fingerprint density at radius 3 is 2.53 bits per heavy atom. The second-order valence-electron chi connectivity index (χ2n) is 6.68. The summed E-state index contributed by atoms with van der Waals surface area (Å²) in [5, 5.41) is 10.7. The van der Waals surface area contributed by atoms with Crippen LogP contribution >= 0.6 is 15.9 Å². The van der Waals surface area contributed by atoms with Crippen molar-refractivity contribution in [1.82, 2.24) is 0 Å². The fourth-order valence-electron chi connectivity index (χ4n) is 3.08. The first-order chi connectivity index (χ1) is 15.4. The Balaban J connectivity index is 1.55. The highest BCUT2D eigenvalue weighted by Gasteiger charge is 2.28. The third-order valence-electron chi connectivity index (χ3n) is 4.64. The highest BCUT2D eigenvalue weighted by atomic mass is 79.9. The van der Waals surface area contributed by atoms with E-state index in [0.717, 1.165) is 4.47 Å². The van der Waals surface area contributed by atoms with Crippen molar-refractivity contribution in [2.75, 3.05) is 7.11 Å². The number of hydrogen-bond acceptors (Lipinski definition) is 7. The highest BCUT2D eigenvalue weighted by molar-refractivity contribution is 9.10. The fraction of sp³-hybridized carbons (Fsp3) is 0.0435. The minimum absolute atomic E-state index is 0.107. The SMILES string of the molecule is COc1ccc(Br)cc1C=C1Oc2cc(OC(=O)c3ccc([N+](=O)[O-])cc3)ccc2C1=O. The number of benzene rings is 3. The monoisotopic (exact) mass is 495 g/mol. The number of rotatable bonds is 5. The molecule has 0 aromatic heterocycles. The van der Waals surface area contributed by atoms with Gasteiger partial charge in [-0.1, -0.05) is 15.9 Å². The first-order valence-electron chi connectivity index (χ1n) is 9.24. The molecule has 0 unspecified atom stereocenters. The summed E-state index contributed by atoms with van der Waals surface area (Å²) in [4.78, 5) is 35.2. The van der Waals surface area contributed by atoms with E-state index in [4.69, 9.17) is 14.2 Å². The van der Waals surface area contributed by atoms with E-state index in [2.05, 4.69) is 15.9 Å². The molecule has 3 aromatic rings. The summed E-state index contributed by atoms with van der Waals surface area (Å²) in [7, 11) is 1.53. The smallest absolute Gasteiger partial charge is 0.343 e. The zero-order valence-corrected chi connectivity index (χ0v) is 18.1. The molecule has 160 valence electrons. The van der Waals surface area contributed by atoms with Crippen molar-refractivity contribution in [2.24, 2.45) is 0 Å². The van der Waals surface area contributed by atoms with Gasteiger partial charge in [-0.05, 0) is 48.5 Å². The van der Waals surface area contributed by atoms with Crippen LogP contribution in [0.15, 0.2) is 70.9 Å². The van der Waals surface area contributed by atoms with Gasteiger partial charge in [0.15, 0.2) is 5.76 Å². The number of hydrogen-bond donors (Lipinski definition) is 0. The number of methoxy groups -OCH3 is 1. The average Bonchev–Trinajstić information content (AvgIpc) is 3.08. The van der Waals surface area contributed by atoms with E-state index in [1.54, 1.807) is 18.2 Å². The number of halogens is 1. The second-order valence-corrected chi connectivity index (χ2v) is 7.59. The summed E-state index contributed by atoms with van der Waals surface area (Å²) in [6, 6.07) is 14.8. The normalized spacial score (nSPS) is 13.4. The minimum atomic E-state index is -0.696. The molecule has 0 fully saturated rings. The molecule has 0 atom stereocenters. The van der Waals surface area contributed by atoms with Crippen LogP contribution in [0.2, 0.25) is 0 Å². The summed E-state index contributed by atoms with van der Waals surface area (Å²) in [5.74, 6) is 0.0977. The van der Waals surface area contributed by atoms with Crippen LogP contribution in [-0.4, -0.2) is 23.8 Å². The predicted octanol–water partition coefficient (Wildman–Crippen LogP) is 5.20. The van der Waals surface area contributed by atoms with Crippen LogP contribution < -0.4 is 14.2 Å². The van der Waals surface area contributed by atoms with Gasteiger partial charge in [0, 0.05) is 28.2 Å². The van der Waals surface area contributed by atoms with E-state index in [9.17, 15) is 19.7 Å². The van der Waals surface area contributed by atoms with Gasteiger partial charge in [0.05, 0.1) is 23.2 Å². The van der Waals surface area contributed by atoms with Gasteiger partial charge in [0.2, 0.25) is 5.78 Å². The van der Waals surface area contributed by atoms with Gasteiger partial charge in [0.1, 0.15) is 17.2 Å². The lowest BCUT2D eigenvalue weighted by atomic mass is 10.1. The molecule has 4 rings (SSSR count). The van der Waals surface area contributed by atoms with Crippen molar-refractivity contribution in [3.8, 4) is 17.2 Å². The van der Waals surface area contributed by atoms with E-state index in [1.165, 1.54) is 49.6 Å². The molecule has 0 radical (unpaired) electrons. The Hall–Kier alpha value is -3.98. The number of esters is 1. The molecule has 0 N–H and O–H groups in total. The summed E-state index contributed by atoms with van der Waals surface area (Å²) in [6.45, 7) is 0. The van der Waals surface area contributed by atoms with Gasteiger partial charge in [-0.15, -0.1) is 0 Å². The number of nitro benzene ring substituents is 1. The van der Waals surface area contributed by atoms with Crippen molar-refractivity contribution in [3.63, 3.8) is 0 Å². The lowest BCUT2D eigenvalue weighted by Gasteiger charge is -2.06. The van der Waals surface area contributed by atoms with Crippen LogP contribution in [0, 0.1) is 10.1 Å². The van der Waals surface area contributed by atoms with Gasteiger partial charge >= 0.3 is 5.97 Å². The summed E-state index contributed by atoms with van der Waals surface area (Å²) >= 11 is 3.39. The summed E-state index contributed by atoms with van der Waals surface area (Å²) < 4.78 is 17.2. The summed E-state index contributed by atoms with van der Waals surface area (Å²) in [6.07, 6.45) is 1.58. The molecule has 3 aromatic carbocycles. The maximum Gasteiger partial charge on any atom is 0.343 e. The number of ether oxygens (including phenoxy) is 3. The Kier molecular flexibility index (Phi) is 5.74. The highest BCUT2D eigenvalue weighted by Crippen LogP contribution is 2.36. The zero-order valence-electron chi connectivity index (χ0n) is 16.5.